The van der Waals surface area contributed by atoms with Gasteiger partial charge in [0.25, 0.3) is 0 Å². The van der Waals surface area contributed by atoms with Crippen LogP contribution >= 0.6 is 11.3 Å². The van der Waals surface area contributed by atoms with E-state index in [9.17, 15) is 4.79 Å². The van der Waals surface area contributed by atoms with Gasteiger partial charge in [-0.25, -0.2) is 4.98 Å². The summed E-state index contributed by atoms with van der Waals surface area (Å²) in [6.07, 6.45) is 1.86. The predicted molar refractivity (Wildman–Crippen MR) is 64.3 cm³/mol. The highest BCUT2D eigenvalue weighted by Gasteiger charge is 2.20. The maximum absolute atomic E-state index is 11.3. The highest BCUT2D eigenvalue weighted by atomic mass is 32.1. The number of methoxy groups -OCH3 is 1. The monoisotopic (exact) mass is 242 g/mol. The molecule has 4 nitrogen and oxygen atoms in total. The number of esters is 1. The molecule has 5 heteroatoms. The topological polar surface area (TPSA) is 51.2 Å². The van der Waals surface area contributed by atoms with Crippen LogP contribution in [0.2, 0.25) is 0 Å². The molecule has 0 radical (unpaired) electrons. The highest BCUT2D eigenvalue weighted by Crippen LogP contribution is 2.12. The van der Waals surface area contributed by atoms with Crippen LogP contribution in [0, 0.1) is 12.8 Å². The molecule has 1 N–H and O–H groups in total. The second-order valence-corrected chi connectivity index (χ2v) is 5.15. The lowest BCUT2D eigenvalue weighted by atomic mass is 10.0. The zero-order valence-corrected chi connectivity index (χ0v) is 10.9. The molecular formula is C11H18N2O2S. The summed E-state index contributed by atoms with van der Waals surface area (Å²) in [5.41, 5.74) is 0. The lowest BCUT2D eigenvalue weighted by molar-refractivity contribution is -0.145. The second kappa shape index (κ2) is 5.96. The fourth-order valence-electron chi connectivity index (χ4n) is 1.32. The van der Waals surface area contributed by atoms with Crippen molar-refractivity contribution in [1.82, 2.24) is 10.3 Å². The SMILES string of the molecule is COC(=O)C(C)C(C)NCc1cnc(C)s1. The van der Waals surface area contributed by atoms with Crippen LogP contribution in [0.1, 0.15) is 23.7 Å². The second-order valence-electron chi connectivity index (χ2n) is 3.83. The van der Waals surface area contributed by atoms with Gasteiger partial charge in [-0.3, -0.25) is 4.79 Å². The molecule has 0 aliphatic rings. The van der Waals surface area contributed by atoms with Gasteiger partial charge in [0.15, 0.2) is 0 Å². The van der Waals surface area contributed by atoms with Gasteiger partial charge < -0.3 is 10.1 Å². The van der Waals surface area contributed by atoms with Gasteiger partial charge in [-0.15, -0.1) is 11.3 Å². The molecule has 0 aliphatic heterocycles. The van der Waals surface area contributed by atoms with E-state index in [1.54, 1.807) is 11.3 Å². The first kappa shape index (κ1) is 13.1. The van der Waals surface area contributed by atoms with Crippen molar-refractivity contribution in [2.24, 2.45) is 5.92 Å². The highest BCUT2D eigenvalue weighted by molar-refractivity contribution is 7.11. The Morgan fingerprint density at radius 3 is 2.81 bits per heavy atom. The van der Waals surface area contributed by atoms with Crippen LogP contribution in [0.4, 0.5) is 0 Å². The molecule has 0 spiro atoms. The lowest BCUT2D eigenvalue weighted by Crippen LogP contribution is -2.36. The standard InChI is InChI=1S/C11H18N2O2S/c1-7(11(14)15-4)8(2)12-5-10-6-13-9(3)16-10/h6-8,12H,5H2,1-4H3. The fraction of sp³-hybridized carbons (Fsp3) is 0.636. The Labute approximate surface area is 100 Å². The van der Waals surface area contributed by atoms with Crippen LogP contribution in [-0.4, -0.2) is 24.1 Å². The quantitative estimate of drug-likeness (QED) is 0.799. The van der Waals surface area contributed by atoms with Crippen molar-refractivity contribution >= 4 is 17.3 Å². The van der Waals surface area contributed by atoms with Gasteiger partial charge >= 0.3 is 5.97 Å². The first-order chi connectivity index (χ1) is 7.54. The van der Waals surface area contributed by atoms with Gasteiger partial charge in [-0.05, 0) is 13.8 Å². The van der Waals surface area contributed by atoms with Gasteiger partial charge in [0, 0.05) is 23.7 Å². The third-order valence-electron chi connectivity index (χ3n) is 2.59. The van der Waals surface area contributed by atoms with Crippen molar-refractivity contribution in [3.05, 3.63) is 16.1 Å². The Balaban J connectivity index is 2.40. The Kier molecular flexibility index (Phi) is 4.89. The Morgan fingerprint density at radius 1 is 1.62 bits per heavy atom. The van der Waals surface area contributed by atoms with Gasteiger partial charge in [0.1, 0.15) is 0 Å². The molecule has 0 bridgehead atoms. The number of aryl methyl sites for hydroxylation is 1. The van der Waals surface area contributed by atoms with E-state index in [2.05, 4.69) is 10.3 Å². The summed E-state index contributed by atoms with van der Waals surface area (Å²) < 4.78 is 4.70. The molecule has 90 valence electrons. The number of hydrogen-bond donors (Lipinski definition) is 1. The minimum absolute atomic E-state index is 0.0925. The van der Waals surface area contributed by atoms with Crippen LogP contribution in [0.15, 0.2) is 6.20 Å². The number of rotatable bonds is 5. The largest absolute Gasteiger partial charge is 0.469 e. The zero-order valence-electron chi connectivity index (χ0n) is 10.1. The number of carbonyl (C=O) groups is 1. The maximum Gasteiger partial charge on any atom is 0.309 e. The summed E-state index contributed by atoms with van der Waals surface area (Å²) in [4.78, 5) is 16.7. The minimum Gasteiger partial charge on any atom is -0.469 e. The normalized spacial score (nSPS) is 14.5. The number of thiazole rings is 1. The van der Waals surface area contributed by atoms with Gasteiger partial charge in [0.2, 0.25) is 0 Å². The van der Waals surface area contributed by atoms with Gasteiger partial charge in [0.05, 0.1) is 18.0 Å². The summed E-state index contributed by atoms with van der Waals surface area (Å²) in [5.74, 6) is -0.320. The molecule has 0 aliphatic carbocycles. The molecule has 1 aromatic heterocycles. The molecule has 1 aromatic rings. The first-order valence-electron chi connectivity index (χ1n) is 5.27. The number of hydrogen-bond acceptors (Lipinski definition) is 5. The first-order valence-corrected chi connectivity index (χ1v) is 6.08. The summed E-state index contributed by atoms with van der Waals surface area (Å²) in [7, 11) is 1.41. The van der Waals surface area contributed by atoms with E-state index >= 15 is 0 Å². The van der Waals surface area contributed by atoms with Gasteiger partial charge in [-0.2, -0.15) is 0 Å². The Morgan fingerprint density at radius 2 is 2.31 bits per heavy atom. The van der Waals surface area contributed by atoms with Crippen molar-refractivity contribution < 1.29 is 9.53 Å². The molecule has 0 aromatic carbocycles. The van der Waals surface area contributed by atoms with Crippen molar-refractivity contribution in [2.45, 2.75) is 33.4 Å². The molecule has 2 atom stereocenters. The summed E-state index contributed by atoms with van der Waals surface area (Å²) in [6, 6.07) is 0.0925. The number of carbonyl (C=O) groups excluding carboxylic acids is 1. The minimum atomic E-state index is -0.180. The fourth-order valence-corrected chi connectivity index (χ4v) is 2.06. The average Bonchev–Trinajstić information content (AvgIpc) is 2.69. The van der Waals surface area contributed by atoms with Crippen LogP contribution in [-0.2, 0) is 16.1 Å². The molecule has 1 rings (SSSR count). The molecule has 0 saturated carbocycles. The maximum atomic E-state index is 11.3. The third-order valence-corrected chi connectivity index (χ3v) is 3.50. The molecule has 0 saturated heterocycles. The molecule has 0 fully saturated rings. The summed E-state index contributed by atoms with van der Waals surface area (Å²) >= 11 is 1.67. The van der Waals surface area contributed by atoms with E-state index in [0.717, 1.165) is 11.6 Å². The number of aromatic nitrogens is 1. The van der Waals surface area contributed by atoms with Crippen molar-refractivity contribution in [3.8, 4) is 0 Å². The zero-order chi connectivity index (χ0) is 12.1. The van der Waals surface area contributed by atoms with Gasteiger partial charge in [-0.1, -0.05) is 6.92 Å². The van der Waals surface area contributed by atoms with Crippen molar-refractivity contribution in [1.29, 1.82) is 0 Å². The Bertz CT molecular complexity index is 352. The van der Waals surface area contributed by atoms with E-state index in [4.69, 9.17) is 4.74 Å². The van der Waals surface area contributed by atoms with E-state index in [-0.39, 0.29) is 17.9 Å². The van der Waals surface area contributed by atoms with Crippen LogP contribution in [0.5, 0.6) is 0 Å². The van der Waals surface area contributed by atoms with Crippen molar-refractivity contribution in [3.63, 3.8) is 0 Å². The number of nitrogens with one attached hydrogen (secondary N) is 1. The van der Waals surface area contributed by atoms with E-state index in [0.29, 0.717) is 0 Å². The average molecular weight is 242 g/mol. The third kappa shape index (κ3) is 3.57. The smallest absolute Gasteiger partial charge is 0.309 e. The molecule has 16 heavy (non-hydrogen) atoms. The van der Waals surface area contributed by atoms with E-state index in [1.807, 2.05) is 27.0 Å². The summed E-state index contributed by atoms with van der Waals surface area (Å²) in [5, 5.41) is 4.36. The molecular weight excluding hydrogens is 224 g/mol. The van der Waals surface area contributed by atoms with Crippen molar-refractivity contribution in [2.75, 3.05) is 7.11 Å². The lowest BCUT2D eigenvalue weighted by Gasteiger charge is -2.18. The molecule has 0 amide bonds. The summed E-state index contributed by atoms with van der Waals surface area (Å²) in [6.45, 7) is 6.57. The molecule has 2 unspecified atom stereocenters. The Hall–Kier alpha value is -0.940. The van der Waals surface area contributed by atoms with E-state index < -0.39 is 0 Å². The number of nitrogens with zero attached hydrogens (tertiary/aromatic N) is 1. The van der Waals surface area contributed by atoms with Crippen LogP contribution < -0.4 is 5.32 Å². The number of ether oxygens (including phenoxy) is 1. The van der Waals surface area contributed by atoms with Crippen LogP contribution in [0.25, 0.3) is 0 Å². The van der Waals surface area contributed by atoms with E-state index in [1.165, 1.54) is 12.0 Å². The predicted octanol–water partition coefficient (Wildman–Crippen LogP) is 1.74. The van der Waals surface area contributed by atoms with Crippen LogP contribution in [0.3, 0.4) is 0 Å². The molecule has 1 heterocycles.